The normalized spacial score (nSPS) is 10.6. The number of carbonyl (C=O) groups excluding carboxylic acids is 1. The van der Waals surface area contributed by atoms with Crippen LogP contribution in [0.1, 0.15) is 31.2 Å². The van der Waals surface area contributed by atoms with E-state index in [9.17, 15) is 9.18 Å². The van der Waals surface area contributed by atoms with Crippen LogP contribution in [0.4, 0.5) is 20.7 Å². The van der Waals surface area contributed by atoms with Gasteiger partial charge in [-0.1, -0.05) is 60.3 Å². The first-order valence-electron chi connectivity index (χ1n) is 10.9. The highest BCUT2D eigenvalue weighted by Gasteiger charge is 2.17. The van der Waals surface area contributed by atoms with E-state index < -0.39 is 0 Å². The predicted octanol–water partition coefficient (Wildman–Crippen LogP) is 7.23. The molecular formula is C25H27Cl2FN4O. The fourth-order valence-corrected chi connectivity index (χ4v) is 3.79. The second-order valence-corrected chi connectivity index (χ2v) is 8.47. The molecule has 0 unspecified atom stereocenters. The molecule has 0 radical (unpaired) electrons. The number of carbonyl (C=O) groups is 1. The Kier molecular flexibility index (Phi) is 9.78. The SMILES string of the molecule is O=C(Nc1ccc(Cl)cc1Cl)N(CCCCCCNc1ccccn1)Cc1ccccc1F. The minimum absolute atomic E-state index is 0.172. The Morgan fingerprint density at radius 2 is 1.76 bits per heavy atom. The van der Waals surface area contributed by atoms with E-state index in [1.807, 2.05) is 18.2 Å². The van der Waals surface area contributed by atoms with E-state index in [1.165, 1.54) is 6.07 Å². The van der Waals surface area contributed by atoms with Crippen molar-refractivity contribution in [1.82, 2.24) is 9.88 Å². The molecule has 0 saturated carbocycles. The molecule has 1 heterocycles. The summed E-state index contributed by atoms with van der Waals surface area (Å²) in [4.78, 5) is 18.8. The van der Waals surface area contributed by atoms with Gasteiger partial charge in [0.15, 0.2) is 0 Å². The molecule has 2 amide bonds. The van der Waals surface area contributed by atoms with Gasteiger partial charge in [0.25, 0.3) is 0 Å². The number of amides is 2. The summed E-state index contributed by atoms with van der Waals surface area (Å²) in [6.45, 7) is 1.51. The molecule has 1 aromatic heterocycles. The molecule has 0 saturated heterocycles. The summed E-state index contributed by atoms with van der Waals surface area (Å²) in [7, 11) is 0. The van der Waals surface area contributed by atoms with E-state index in [-0.39, 0.29) is 18.4 Å². The Morgan fingerprint density at radius 3 is 2.52 bits per heavy atom. The van der Waals surface area contributed by atoms with Crippen LogP contribution in [0.3, 0.4) is 0 Å². The summed E-state index contributed by atoms with van der Waals surface area (Å²) in [6, 6.07) is 16.8. The number of hydrogen-bond donors (Lipinski definition) is 2. The molecule has 0 fully saturated rings. The summed E-state index contributed by atoms with van der Waals surface area (Å²) in [5, 5.41) is 6.94. The molecule has 174 valence electrons. The van der Waals surface area contributed by atoms with Crippen molar-refractivity contribution >= 4 is 40.7 Å². The van der Waals surface area contributed by atoms with Crippen molar-refractivity contribution in [2.45, 2.75) is 32.2 Å². The van der Waals surface area contributed by atoms with E-state index in [1.54, 1.807) is 47.5 Å². The number of nitrogens with one attached hydrogen (secondary N) is 2. The number of halogens is 3. The van der Waals surface area contributed by atoms with Crippen LogP contribution in [-0.4, -0.2) is 29.0 Å². The van der Waals surface area contributed by atoms with E-state index in [2.05, 4.69) is 15.6 Å². The zero-order valence-electron chi connectivity index (χ0n) is 18.2. The van der Waals surface area contributed by atoms with Crippen LogP contribution in [0.2, 0.25) is 10.0 Å². The minimum atomic E-state index is -0.334. The Bertz CT molecular complexity index is 1040. The zero-order chi connectivity index (χ0) is 23.5. The second kappa shape index (κ2) is 13.0. The summed E-state index contributed by atoms with van der Waals surface area (Å²) >= 11 is 12.1. The summed E-state index contributed by atoms with van der Waals surface area (Å²) < 4.78 is 14.2. The third-order valence-electron chi connectivity index (χ3n) is 5.10. The smallest absolute Gasteiger partial charge is 0.322 e. The first-order chi connectivity index (χ1) is 16.0. The van der Waals surface area contributed by atoms with E-state index in [4.69, 9.17) is 23.2 Å². The lowest BCUT2D eigenvalue weighted by atomic mass is 10.1. The van der Waals surface area contributed by atoms with Gasteiger partial charge in [0, 0.05) is 29.9 Å². The van der Waals surface area contributed by atoms with Gasteiger partial charge in [-0.2, -0.15) is 0 Å². The minimum Gasteiger partial charge on any atom is -0.370 e. The fourth-order valence-electron chi connectivity index (χ4n) is 3.33. The van der Waals surface area contributed by atoms with Gasteiger partial charge in [0.05, 0.1) is 17.3 Å². The number of benzene rings is 2. The highest BCUT2D eigenvalue weighted by Crippen LogP contribution is 2.26. The van der Waals surface area contributed by atoms with Gasteiger partial charge in [0.1, 0.15) is 11.6 Å². The topological polar surface area (TPSA) is 57.3 Å². The van der Waals surface area contributed by atoms with Crippen molar-refractivity contribution in [3.05, 3.63) is 88.3 Å². The average Bonchev–Trinajstić information content (AvgIpc) is 2.81. The molecule has 0 aliphatic heterocycles. The molecule has 5 nitrogen and oxygen atoms in total. The van der Waals surface area contributed by atoms with Gasteiger partial charge in [0.2, 0.25) is 0 Å². The Morgan fingerprint density at radius 1 is 0.970 bits per heavy atom. The van der Waals surface area contributed by atoms with E-state index in [0.29, 0.717) is 27.8 Å². The number of hydrogen-bond acceptors (Lipinski definition) is 3. The van der Waals surface area contributed by atoms with Gasteiger partial charge < -0.3 is 15.5 Å². The van der Waals surface area contributed by atoms with Crippen molar-refractivity contribution in [1.29, 1.82) is 0 Å². The number of aromatic nitrogens is 1. The molecule has 2 aromatic carbocycles. The van der Waals surface area contributed by atoms with E-state index >= 15 is 0 Å². The Labute approximate surface area is 203 Å². The van der Waals surface area contributed by atoms with Crippen LogP contribution >= 0.6 is 23.2 Å². The van der Waals surface area contributed by atoms with Crippen molar-refractivity contribution in [2.75, 3.05) is 23.7 Å². The number of pyridine rings is 1. The average molecular weight is 489 g/mol. The van der Waals surface area contributed by atoms with Gasteiger partial charge in [-0.25, -0.2) is 14.2 Å². The lowest BCUT2D eigenvalue weighted by molar-refractivity contribution is 0.207. The number of anilines is 2. The third kappa shape index (κ3) is 8.22. The molecule has 0 aliphatic rings. The molecule has 0 atom stereocenters. The third-order valence-corrected chi connectivity index (χ3v) is 5.65. The van der Waals surface area contributed by atoms with Crippen molar-refractivity contribution < 1.29 is 9.18 Å². The zero-order valence-corrected chi connectivity index (χ0v) is 19.7. The van der Waals surface area contributed by atoms with Gasteiger partial charge in [-0.3, -0.25) is 0 Å². The van der Waals surface area contributed by atoms with Crippen LogP contribution in [0.25, 0.3) is 0 Å². The van der Waals surface area contributed by atoms with Crippen molar-refractivity contribution in [3.8, 4) is 0 Å². The lowest BCUT2D eigenvalue weighted by Gasteiger charge is -2.24. The lowest BCUT2D eigenvalue weighted by Crippen LogP contribution is -2.35. The predicted molar refractivity (Wildman–Crippen MR) is 133 cm³/mol. The molecule has 2 N–H and O–H groups in total. The second-order valence-electron chi connectivity index (χ2n) is 7.62. The van der Waals surface area contributed by atoms with Gasteiger partial charge in [-0.05, 0) is 49.2 Å². The van der Waals surface area contributed by atoms with Gasteiger partial charge in [-0.15, -0.1) is 0 Å². The molecule has 8 heteroatoms. The van der Waals surface area contributed by atoms with Crippen molar-refractivity contribution in [3.63, 3.8) is 0 Å². The van der Waals surface area contributed by atoms with Crippen LogP contribution in [-0.2, 0) is 6.54 Å². The maximum atomic E-state index is 14.2. The van der Waals surface area contributed by atoms with Crippen molar-refractivity contribution in [2.24, 2.45) is 0 Å². The highest BCUT2D eigenvalue weighted by molar-refractivity contribution is 6.36. The van der Waals surface area contributed by atoms with Crippen LogP contribution in [0.15, 0.2) is 66.9 Å². The molecule has 3 aromatic rings. The molecule has 33 heavy (non-hydrogen) atoms. The number of unbranched alkanes of at least 4 members (excludes halogenated alkanes) is 3. The summed E-state index contributed by atoms with van der Waals surface area (Å²) in [5.41, 5.74) is 0.930. The molecule has 3 rings (SSSR count). The first kappa shape index (κ1) is 24.8. The number of rotatable bonds is 11. The molecule has 0 aliphatic carbocycles. The molecule has 0 bridgehead atoms. The summed E-state index contributed by atoms with van der Waals surface area (Å²) in [6.07, 6.45) is 5.52. The van der Waals surface area contributed by atoms with Crippen LogP contribution in [0.5, 0.6) is 0 Å². The first-order valence-corrected chi connectivity index (χ1v) is 11.7. The Hall–Kier alpha value is -2.83. The number of nitrogens with zero attached hydrogens (tertiary/aromatic N) is 2. The van der Waals surface area contributed by atoms with Crippen LogP contribution in [0, 0.1) is 5.82 Å². The van der Waals surface area contributed by atoms with Gasteiger partial charge >= 0.3 is 6.03 Å². The number of urea groups is 1. The Balaban J connectivity index is 1.51. The maximum Gasteiger partial charge on any atom is 0.322 e. The highest BCUT2D eigenvalue weighted by atomic mass is 35.5. The van der Waals surface area contributed by atoms with E-state index in [0.717, 1.165) is 38.0 Å². The van der Waals surface area contributed by atoms with Crippen LogP contribution < -0.4 is 10.6 Å². The quantitative estimate of drug-likeness (QED) is 0.279. The summed E-state index contributed by atoms with van der Waals surface area (Å²) in [5.74, 6) is 0.534. The molecular weight excluding hydrogens is 462 g/mol. The maximum absolute atomic E-state index is 14.2. The monoisotopic (exact) mass is 488 g/mol. The largest absolute Gasteiger partial charge is 0.370 e. The standard InChI is InChI=1S/C25H27Cl2FN4O/c26-20-12-13-23(21(27)17-20)31-25(33)32(18-19-9-3-4-10-22(19)28)16-8-2-1-6-14-29-24-11-5-7-15-30-24/h3-5,7,9-13,15,17H,1-2,6,8,14,16,18H2,(H,29,30)(H,31,33). The fraction of sp³-hybridized carbons (Fsp3) is 0.280. The molecule has 0 spiro atoms.